The van der Waals surface area contributed by atoms with E-state index in [-0.39, 0.29) is 5.78 Å². The molecule has 1 aliphatic carbocycles. The molecule has 0 bridgehead atoms. The Bertz CT molecular complexity index is 434. The first kappa shape index (κ1) is 12.6. The summed E-state index contributed by atoms with van der Waals surface area (Å²) >= 11 is 3.41. The average molecular weight is 293 g/mol. The van der Waals surface area contributed by atoms with Crippen molar-refractivity contribution in [2.75, 3.05) is 0 Å². The molecule has 0 amide bonds. The van der Waals surface area contributed by atoms with Gasteiger partial charge in [0.05, 0.1) is 0 Å². The molecule has 0 saturated heterocycles. The van der Waals surface area contributed by atoms with Crippen molar-refractivity contribution in [2.24, 2.45) is 0 Å². The molecule has 0 atom stereocenters. The Kier molecular flexibility index (Phi) is 4.55. The van der Waals surface area contributed by atoms with Crippen LogP contribution in [0.2, 0.25) is 0 Å². The fourth-order valence-corrected chi connectivity index (χ4v) is 2.61. The predicted molar refractivity (Wildman–Crippen MR) is 74.3 cm³/mol. The van der Waals surface area contributed by atoms with Crippen LogP contribution >= 0.6 is 15.9 Å². The highest BCUT2D eigenvalue weighted by Gasteiger charge is 2.13. The van der Waals surface area contributed by atoms with E-state index in [9.17, 15) is 4.79 Å². The molecule has 0 spiro atoms. The highest BCUT2D eigenvalue weighted by molar-refractivity contribution is 9.10. The molecule has 0 fully saturated rings. The van der Waals surface area contributed by atoms with E-state index in [1.165, 1.54) is 19.3 Å². The molecule has 0 unspecified atom stereocenters. The van der Waals surface area contributed by atoms with Gasteiger partial charge < -0.3 is 0 Å². The second-order valence-electron chi connectivity index (χ2n) is 4.52. The molecule has 1 aromatic carbocycles. The van der Waals surface area contributed by atoms with Crippen LogP contribution in [0.25, 0.3) is 0 Å². The standard InChI is InChI=1S/C15H17BrO/c16-14-10-6-9-13(11-14)15(17)12-7-4-2-1-3-5-8-12/h6-7,9-11H,1-5,8H2/b12-7+. The number of halogens is 1. The lowest BCUT2D eigenvalue weighted by atomic mass is 9.94. The molecule has 0 N–H and O–H groups in total. The lowest BCUT2D eigenvalue weighted by Crippen LogP contribution is -2.05. The maximum absolute atomic E-state index is 12.3. The normalized spacial score (nSPS) is 19.9. The first-order valence-corrected chi connectivity index (χ1v) is 7.06. The lowest BCUT2D eigenvalue weighted by Gasteiger charge is -2.10. The molecular formula is C15H17BrO. The Morgan fingerprint density at radius 2 is 1.94 bits per heavy atom. The van der Waals surface area contributed by atoms with Gasteiger partial charge in [-0.2, -0.15) is 0 Å². The zero-order valence-electron chi connectivity index (χ0n) is 9.92. The summed E-state index contributed by atoms with van der Waals surface area (Å²) in [5.74, 6) is 0.202. The number of rotatable bonds is 2. The molecule has 0 radical (unpaired) electrons. The summed E-state index contributed by atoms with van der Waals surface area (Å²) in [4.78, 5) is 12.3. The summed E-state index contributed by atoms with van der Waals surface area (Å²) < 4.78 is 0.967. The molecule has 0 heterocycles. The topological polar surface area (TPSA) is 17.1 Å². The van der Waals surface area contributed by atoms with E-state index in [0.717, 1.165) is 34.9 Å². The summed E-state index contributed by atoms with van der Waals surface area (Å²) in [7, 11) is 0. The van der Waals surface area contributed by atoms with Crippen molar-refractivity contribution in [1.82, 2.24) is 0 Å². The summed E-state index contributed by atoms with van der Waals surface area (Å²) in [5, 5.41) is 0. The first-order chi connectivity index (χ1) is 8.27. The minimum absolute atomic E-state index is 0.202. The molecule has 1 nitrogen and oxygen atoms in total. The maximum Gasteiger partial charge on any atom is 0.188 e. The highest BCUT2D eigenvalue weighted by atomic mass is 79.9. The highest BCUT2D eigenvalue weighted by Crippen LogP contribution is 2.22. The fraction of sp³-hybridized carbons (Fsp3) is 0.400. The van der Waals surface area contributed by atoms with Crippen molar-refractivity contribution >= 4 is 21.7 Å². The van der Waals surface area contributed by atoms with E-state index in [1.54, 1.807) is 0 Å². The van der Waals surface area contributed by atoms with Crippen LogP contribution in [0.1, 0.15) is 48.9 Å². The van der Waals surface area contributed by atoms with Gasteiger partial charge in [-0.1, -0.05) is 47.0 Å². The van der Waals surface area contributed by atoms with Crippen LogP contribution in [0.4, 0.5) is 0 Å². The van der Waals surface area contributed by atoms with Crippen molar-refractivity contribution in [3.63, 3.8) is 0 Å². The Morgan fingerprint density at radius 3 is 2.76 bits per heavy atom. The number of ketones is 1. The van der Waals surface area contributed by atoms with Gasteiger partial charge in [0.25, 0.3) is 0 Å². The van der Waals surface area contributed by atoms with Gasteiger partial charge >= 0.3 is 0 Å². The van der Waals surface area contributed by atoms with Gasteiger partial charge in [-0.25, -0.2) is 0 Å². The molecule has 17 heavy (non-hydrogen) atoms. The molecule has 0 saturated carbocycles. The third kappa shape index (κ3) is 3.53. The van der Waals surface area contributed by atoms with Crippen LogP contribution in [-0.4, -0.2) is 5.78 Å². The SMILES string of the molecule is O=C(/C1=C/CCCCCC1)c1cccc(Br)c1. The molecule has 0 aromatic heterocycles. The molecule has 1 aliphatic rings. The van der Waals surface area contributed by atoms with Gasteiger partial charge in [-0.3, -0.25) is 4.79 Å². The number of benzene rings is 1. The zero-order valence-corrected chi connectivity index (χ0v) is 11.5. The lowest BCUT2D eigenvalue weighted by molar-refractivity contribution is 0.102. The first-order valence-electron chi connectivity index (χ1n) is 6.26. The van der Waals surface area contributed by atoms with E-state index < -0.39 is 0 Å². The Hall–Kier alpha value is -0.890. The third-order valence-corrected chi connectivity index (χ3v) is 3.66. The van der Waals surface area contributed by atoms with E-state index in [2.05, 4.69) is 22.0 Å². The minimum atomic E-state index is 0.202. The number of hydrogen-bond donors (Lipinski definition) is 0. The maximum atomic E-state index is 12.3. The van der Waals surface area contributed by atoms with Crippen LogP contribution in [0.15, 0.2) is 40.4 Å². The molecular weight excluding hydrogens is 276 g/mol. The Labute approximate surface area is 111 Å². The Balaban J connectivity index is 2.18. The van der Waals surface area contributed by atoms with E-state index >= 15 is 0 Å². The summed E-state index contributed by atoms with van der Waals surface area (Å²) in [5.41, 5.74) is 1.80. The van der Waals surface area contributed by atoms with Crippen molar-refractivity contribution in [3.05, 3.63) is 46.0 Å². The van der Waals surface area contributed by atoms with Gasteiger partial charge in [-0.15, -0.1) is 0 Å². The monoisotopic (exact) mass is 292 g/mol. The van der Waals surface area contributed by atoms with Gasteiger partial charge in [0.2, 0.25) is 0 Å². The molecule has 2 rings (SSSR count). The van der Waals surface area contributed by atoms with Crippen LogP contribution < -0.4 is 0 Å². The predicted octanol–water partition coefficient (Wildman–Crippen LogP) is 4.91. The number of allylic oxidation sites excluding steroid dienone is 2. The number of hydrogen-bond acceptors (Lipinski definition) is 1. The summed E-state index contributed by atoms with van der Waals surface area (Å²) in [6.07, 6.45) is 9.04. The van der Waals surface area contributed by atoms with Gasteiger partial charge in [0, 0.05) is 10.0 Å². The van der Waals surface area contributed by atoms with Crippen molar-refractivity contribution < 1.29 is 4.79 Å². The van der Waals surface area contributed by atoms with Crippen LogP contribution in [0, 0.1) is 0 Å². The molecule has 1 aromatic rings. The third-order valence-electron chi connectivity index (χ3n) is 3.17. The van der Waals surface area contributed by atoms with Crippen LogP contribution in [0.5, 0.6) is 0 Å². The summed E-state index contributed by atoms with van der Waals surface area (Å²) in [6.45, 7) is 0. The van der Waals surface area contributed by atoms with E-state index in [0.29, 0.717) is 0 Å². The molecule has 2 heteroatoms. The van der Waals surface area contributed by atoms with E-state index in [4.69, 9.17) is 0 Å². The second kappa shape index (κ2) is 6.15. The van der Waals surface area contributed by atoms with Crippen molar-refractivity contribution in [3.8, 4) is 0 Å². The van der Waals surface area contributed by atoms with Crippen molar-refractivity contribution in [2.45, 2.75) is 38.5 Å². The number of carbonyl (C=O) groups is 1. The zero-order chi connectivity index (χ0) is 12.1. The quantitative estimate of drug-likeness (QED) is 0.708. The summed E-state index contributed by atoms with van der Waals surface area (Å²) in [6, 6.07) is 7.67. The molecule has 0 aliphatic heterocycles. The fourth-order valence-electron chi connectivity index (χ4n) is 2.21. The van der Waals surface area contributed by atoms with Crippen LogP contribution in [0.3, 0.4) is 0 Å². The second-order valence-corrected chi connectivity index (χ2v) is 5.44. The van der Waals surface area contributed by atoms with Crippen LogP contribution in [-0.2, 0) is 0 Å². The van der Waals surface area contributed by atoms with Crippen molar-refractivity contribution in [1.29, 1.82) is 0 Å². The molecule has 90 valence electrons. The smallest absolute Gasteiger partial charge is 0.188 e. The Morgan fingerprint density at radius 1 is 1.12 bits per heavy atom. The van der Waals surface area contributed by atoms with Gasteiger partial charge in [-0.05, 0) is 43.4 Å². The average Bonchev–Trinajstić information content (AvgIpc) is 2.28. The van der Waals surface area contributed by atoms with E-state index in [1.807, 2.05) is 24.3 Å². The number of carbonyl (C=O) groups excluding carboxylic acids is 1. The minimum Gasteiger partial charge on any atom is -0.289 e. The van der Waals surface area contributed by atoms with Gasteiger partial charge in [0.15, 0.2) is 5.78 Å². The number of Topliss-reactive ketones (excluding diaryl/α,β-unsaturated/α-hetero) is 1. The largest absolute Gasteiger partial charge is 0.289 e. The van der Waals surface area contributed by atoms with Gasteiger partial charge in [0.1, 0.15) is 0 Å².